The summed E-state index contributed by atoms with van der Waals surface area (Å²) in [6, 6.07) is 15.6. The van der Waals surface area contributed by atoms with E-state index in [2.05, 4.69) is 10.6 Å². The molecule has 3 nitrogen and oxygen atoms in total. The van der Waals surface area contributed by atoms with Crippen LogP contribution in [0.2, 0.25) is 10.0 Å². The first-order chi connectivity index (χ1) is 13.4. The number of para-hydroxylation sites is 1. The molecule has 0 atom stereocenters. The highest BCUT2D eigenvalue weighted by Gasteiger charge is 2.31. The molecule has 1 aliphatic heterocycles. The molecule has 0 spiro atoms. The largest absolute Gasteiger partial charge is 0.318 e. The second kappa shape index (κ2) is 7.16. The highest BCUT2D eigenvalue weighted by molar-refractivity contribution is 6.42. The minimum Gasteiger partial charge on any atom is -0.318 e. The van der Waals surface area contributed by atoms with Crippen LogP contribution in [0.1, 0.15) is 29.4 Å². The fourth-order valence-corrected chi connectivity index (χ4v) is 4.16. The summed E-state index contributed by atoms with van der Waals surface area (Å²) in [7, 11) is 0. The molecule has 0 unspecified atom stereocenters. The van der Waals surface area contributed by atoms with Gasteiger partial charge >= 0.3 is 0 Å². The lowest BCUT2D eigenvalue weighted by Gasteiger charge is -2.13. The van der Waals surface area contributed by atoms with Crippen LogP contribution in [-0.2, 0) is 4.79 Å². The van der Waals surface area contributed by atoms with Gasteiger partial charge in [-0.3, -0.25) is 4.79 Å². The SMILES string of the molecule is CCN1C(=O)/C(=C\c2cc(C)n(-c3ccc(Cl)c(Cl)c3)c2C)c2ccccc21. The van der Waals surface area contributed by atoms with E-state index in [-0.39, 0.29) is 5.91 Å². The number of anilines is 1. The number of benzene rings is 2. The van der Waals surface area contributed by atoms with Crippen LogP contribution in [-0.4, -0.2) is 17.0 Å². The molecular weight excluding hydrogens is 391 g/mol. The van der Waals surface area contributed by atoms with Gasteiger partial charge < -0.3 is 9.47 Å². The molecule has 0 radical (unpaired) electrons. The monoisotopic (exact) mass is 410 g/mol. The molecule has 28 heavy (non-hydrogen) atoms. The zero-order chi connectivity index (χ0) is 20.0. The first kappa shape index (κ1) is 18.9. The third kappa shape index (κ3) is 2.95. The summed E-state index contributed by atoms with van der Waals surface area (Å²) in [6.45, 7) is 6.73. The van der Waals surface area contributed by atoms with E-state index in [0.717, 1.165) is 39.5 Å². The van der Waals surface area contributed by atoms with Gasteiger partial charge in [-0.15, -0.1) is 0 Å². The Balaban J connectivity index is 1.84. The lowest BCUT2D eigenvalue weighted by atomic mass is 10.0. The maximum absolute atomic E-state index is 13.0. The van der Waals surface area contributed by atoms with Gasteiger partial charge in [0.05, 0.1) is 15.7 Å². The Morgan fingerprint density at radius 1 is 1.00 bits per heavy atom. The molecule has 3 aromatic rings. The Labute approximate surface area is 174 Å². The summed E-state index contributed by atoms with van der Waals surface area (Å²) in [5.41, 5.74) is 6.75. The summed E-state index contributed by atoms with van der Waals surface area (Å²) in [5.74, 6) is 0.0445. The number of rotatable bonds is 3. The predicted octanol–water partition coefficient (Wildman–Crippen LogP) is 6.31. The van der Waals surface area contributed by atoms with Crippen LogP contribution < -0.4 is 4.90 Å². The second-order valence-electron chi connectivity index (χ2n) is 6.88. The fraction of sp³-hybridized carbons (Fsp3) is 0.174. The van der Waals surface area contributed by atoms with Crippen LogP contribution in [0.15, 0.2) is 48.5 Å². The van der Waals surface area contributed by atoms with Crippen molar-refractivity contribution in [3.05, 3.63) is 81.1 Å². The number of amides is 1. The zero-order valence-electron chi connectivity index (χ0n) is 16.0. The molecule has 2 aromatic carbocycles. The number of carbonyl (C=O) groups excluding carboxylic acids is 1. The predicted molar refractivity (Wildman–Crippen MR) is 118 cm³/mol. The number of halogens is 2. The topological polar surface area (TPSA) is 25.2 Å². The van der Waals surface area contributed by atoms with Gasteiger partial charge in [0, 0.05) is 34.8 Å². The molecule has 1 amide bonds. The number of fused-ring (bicyclic) bond motifs is 1. The summed E-state index contributed by atoms with van der Waals surface area (Å²) in [6.07, 6.45) is 1.99. The normalized spacial score (nSPS) is 14.8. The third-order valence-corrected chi connectivity index (χ3v) is 5.95. The molecule has 0 N–H and O–H groups in total. The van der Waals surface area contributed by atoms with E-state index in [1.54, 1.807) is 6.07 Å². The smallest absolute Gasteiger partial charge is 0.258 e. The average molecular weight is 411 g/mol. The Morgan fingerprint density at radius 2 is 1.75 bits per heavy atom. The molecule has 0 fully saturated rings. The Bertz CT molecular complexity index is 1130. The molecule has 0 saturated heterocycles. The number of hydrogen-bond donors (Lipinski definition) is 0. The first-order valence-corrected chi connectivity index (χ1v) is 9.95. The van der Waals surface area contributed by atoms with Crippen molar-refractivity contribution < 1.29 is 4.79 Å². The molecular formula is C23H20Cl2N2O. The lowest BCUT2D eigenvalue weighted by Crippen LogP contribution is -2.25. The number of hydrogen-bond acceptors (Lipinski definition) is 1. The summed E-state index contributed by atoms with van der Waals surface area (Å²) < 4.78 is 2.12. The molecule has 0 bridgehead atoms. The van der Waals surface area contributed by atoms with Crippen molar-refractivity contribution >= 4 is 46.4 Å². The number of nitrogens with zero attached hydrogens (tertiary/aromatic N) is 2. The molecule has 0 aliphatic carbocycles. The van der Waals surface area contributed by atoms with E-state index in [9.17, 15) is 4.79 Å². The molecule has 1 aliphatic rings. The molecule has 2 heterocycles. The van der Waals surface area contributed by atoms with Gasteiger partial charge in [0.25, 0.3) is 5.91 Å². The van der Waals surface area contributed by atoms with Crippen LogP contribution in [0.3, 0.4) is 0 Å². The van der Waals surface area contributed by atoms with Crippen molar-refractivity contribution in [3.63, 3.8) is 0 Å². The van der Waals surface area contributed by atoms with Gasteiger partial charge in [-0.2, -0.15) is 0 Å². The van der Waals surface area contributed by atoms with E-state index in [0.29, 0.717) is 16.6 Å². The molecule has 142 valence electrons. The van der Waals surface area contributed by atoms with Gasteiger partial charge in [-0.25, -0.2) is 0 Å². The van der Waals surface area contributed by atoms with Crippen molar-refractivity contribution in [2.75, 3.05) is 11.4 Å². The lowest BCUT2D eigenvalue weighted by molar-refractivity contribution is -0.112. The number of aryl methyl sites for hydroxylation is 1. The second-order valence-corrected chi connectivity index (χ2v) is 7.70. The van der Waals surface area contributed by atoms with Gasteiger partial charge in [-0.1, -0.05) is 41.4 Å². The Morgan fingerprint density at radius 3 is 2.46 bits per heavy atom. The van der Waals surface area contributed by atoms with E-state index in [1.807, 2.05) is 68.1 Å². The molecule has 1 aromatic heterocycles. The van der Waals surface area contributed by atoms with Gasteiger partial charge in [0.1, 0.15) is 0 Å². The third-order valence-electron chi connectivity index (χ3n) is 5.21. The van der Waals surface area contributed by atoms with Crippen LogP contribution >= 0.6 is 23.2 Å². The first-order valence-electron chi connectivity index (χ1n) is 9.19. The van der Waals surface area contributed by atoms with E-state index < -0.39 is 0 Å². The minimum atomic E-state index is 0.0445. The van der Waals surface area contributed by atoms with Crippen molar-refractivity contribution in [1.29, 1.82) is 0 Å². The van der Waals surface area contributed by atoms with E-state index in [1.165, 1.54) is 0 Å². The summed E-state index contributed by atoms with van der Waals surface area (Å²) >= 11 is 12.3. The van der Waals surface area contributed by atoms with Gasteiger partial charge in [0.2, 0.25) is 0 Å². The number of likely N-dealkylation sites (N-methyl/N-ethyl adjacent to an activating group) is 1. The minimum absolute atomic E-state index is 0.0445. The highest BCUT2D eigenvalue weighted by atomic mass is 35.5. The summed E-state index contributed by atoms with van der Waals surface area (Å²) in [4.78, 5) is 14.8. The molecule has 0 saturated carbocycles. The van der Waals surface area contributed by atoms with Crippen LogP contribution in [0.5, 0.6) is 0 Å². The van der Waals surface area contributed by atoms with Crippen molar-refractivity contribution in [1.82, 2.24) is 4.57 Å². The highest BCUT2D eigenvalue weighted by Crippen LogP contribution is 2.38. The number of carbonyl (C=O) groups is 1. The van der Waals surface area contributed by atoms with E-state index in [4.69, 9.17) is 23.2 Å². The maximum atomic E-state index is 13.0. The van der Waals surface area contributed by atoms with Crippen LogP contribution in [0.25, 0.3) is 17.3 Å². The van der Waals surface area contributed by atoms with Crippen LogP contribution in [0.4, 0.5) is 5.69 Å². The summed E-state index contributed by atoms with van der Waals surface area (Å²) in [5, 5.41) is 1.05. The Hall–Kier alpha value is -2.49. The number of aromatic nitrogens is 1. The van der Waals surface area contributed by atoms with Gasteiger partial charge in [-0.05, 0) is 62.7 Å². The van der Waals surface area contributed by atoms with E-state index >= 15 is 0 Å². The van der Waals surface area contributed by atoms with Crippen molar-refractivity contribution in [3.8, 4) is 5.69 Å². The maximum Gasteiger partial charge on any atom is 0.258 e. The standard InChI is InChI=1S/C23H20Cl2N2O/c1-4-26-22-8-6-5-7-18(22)19(23(26)28)12-16-11-14(2)27(15(16)3)17-9-10-20(24)21(25)13-17/h5-13H,4H2,1-3H3/b19-12-. The zero-order valence-corrected chi connectivity index (χ0v) is 17.5. The average Bonchev–Trinajstić information content (AvgIpc) is 3.11. The van der Waals surface area contributed by atoms with Gasteiger partial charge in [0.15, 0.2) is 0 Å². The quantitative estimate of drug-likeness (QED) is 0.464. The Kier molecular flexibility index (Phi) is 4.82. The molecule has 4 rings (SSSR count). The van der Waals surface area contributed by atoms with Crippen LogP contribution in [0, 0.1) is 13.8 Å². The molecule has 5 heteroatoms. The van der Waals surface area contributed by atoms with Crippen molar-refractivity contribution in [2.45, 2.75) is 20.8 Å². The van der Waals surface area contributed by atoms with Crippen molar-refractivity contribution in [2.24, 2.45) is 0 Å². The fourth-order valence-electron chi connectivity index (χ4n) is 3.87.